The fourth-order valence-electron chi connectivity index (χ4n) is 2.84. The number of fused-ring (bicyclic) bond motifs is 2. The molecule has 0 aromatic carbocycles. The third-order valence-electron chi connectivity index (χ3n) is 3.52. The lowest BCUT2D eigenvalue weighted by atomic mass is 9.83. The van der Waals surface area contributed by atoms with Crippen molar-refractivity contribution < 1.29 is 5.11 Å². The molecule has 2 N–H and O–H groups in total. The van der Waals surface area contributed by atoms with Gasteiger partial charge in [0.1, 0.15) is 5.15 Å². The van der Waals surface area contributed by atoms with Gasteiger partial charge in [-0.3, -0.25) is 0 Å². The Morgan fingerprint density at radius 2 is 2.27 bits per heavy atom. The molecule has 3 heterocycles. The second kappa shape index (κ2) is 3.44. The van der Waals surface area contributed by atoms with E-state index in [0.29, 0.717) is 17.1 Å². The normalized spacial score (nSPS) is 38.5. The largest absolute Gasteiger partial charge is 0.391 e. The van der Waals surface area contributed by atoms with Gasteiger partial charge in [-0.25, -0.2) is 4.98 Å². The van der Waals surface area contributed by atoms with Crippen LogP contribution in [0.2, 0.25) is 5.15 Å². The molecule has 0 spiro atoms. The predicted octanol–water partition coefficient (Wildman–Crippen LogP) is 1.31. The summed E-state index contributed by atoms with van der Waals surface area (Å²) in [5.74, 6) is 0.392. The SMILES string of the molecule is OC1CC2CC(c3ccc(Cl)nc3)C1N2. The van der Waals surface area contributed by atoms with Gasteiger partial charge < -0.3 is 10.4 Å². The van der Waals surface area contributed by atoms with Gasteiger partial charge in [0.25, 0.3) is 0 Å². The van der Waals surface area contributed by atoms with Crippen molar-refractivity contribution >= 4 is 11.6 Å². The lowest BCUT2D eigenvalue weighted by molar-refractivity contribution is 0.135. The zero-order valence-corrected chi connectivity index (χ0v) is 8.98. The van der Waals surface area contributed by atoms with Crippen LogP contribution < -0.4 is 5.32 Å². The summed E-state index contributed by atoms with van der Waals surface area (Å²) in [6.45, 7) is 0. The molecule has 4 heteroatoms. The van der Waals surface area contributed by atoms with Gasteiger partial charge in [-0.15, -0.1) is 0 Å². The van der Waals surface area contributed by atoms with E-state index in [1.807, 2.05) is 18.3 Å². The third-order valence-corrected chi connectivity index (χ3v) is 3.74. The van der Waals surface area contributed by atoms with Gasteiger partial charge in [0.15, 0.2) is 0 Å². The smallest absolute Gasteiger partial charge is 0.129 e. The number of pyridine rings is 1. The highest BCUT2D eigenvalue weighted by atomic mass is 35.5. The molecule has 3 nitrogen and oxygen atoms in total. The van der Waals surface area contributed by atoms with E-state index in [1.165, 1.54) is 5.56 Å². The number of nitrogens with zero attached hydrogens (tertiary/aromatic N) is 1. The summed E-state index contributed by atoms with van der Waals surface area (Å²) in [7, 11) is 0. The standard InChI is InChI=1S/C11H13ClN2O/c12-10-2-1-6(5-13-10)8-3-7-4-9(15)11(8)14-7/h1-2,5,7-9,11,14-15H,3-4H2. The molecular weight excluding hydrogens is 212 g/mol. The fourth-order valence-corrected chi connectivity index (χ4v) is 2.95. The van der Waals surface area contributed by atoms with Crippen LogP contribution in [0.25, 0.3) is 0 Å². The summed E-state index contributed by atoms with van der Waals surface area (Å²) in [5.41, 5.74) is 1.18. The first-order valence-electron chi connectivity index (χ1n) is 5.29. The summed E-state index contributed by atoms with van der Waals surface area (Å²) >= 11 is 5.75. The van der Waals surface area contributed by atoms with E-state index in [-0.39, 0.29) is 12.1 Å². The summed E-state index contributed by atoms with van der Waals surface area (Å²) in [4.78, 5) is 4.09. The minimum atomic E-state index is -0.204. The van der Waals surface area contributed by atoms with Gasteiger partial charge >= 0.3 is 0 Å². The second-order valence-electron chi connectivity index (χ2n) is 4.45. The molecule has 2 aliphatic heterocycles. The van der Waals surface area contributed by atoms with Crippen LogP contribution in [0.5, 0.6) is 0 Å². The van der Waals surface area contributed by atoms with Crippen LogP contribution in [0, 0.1) is 0 Å². The molecule has 2 fully saturated rings. The topological polar surface area (TPSA) is 45.2 Å². The van der Waals surface area contributed by atoms with Crippen molar-refractivity contribution in [3.05, 3.63) is 29.0 Å². The fraction of sp³-hybridized carbons (Fsp3) is 0.545. The highest BCUT2D eigenvalue weighted by molar-refractivity contribution is 6.29. The average Bonchev–Trinajstić information content (AvgIpc) is 2.77. The van der Waals surface area contributed by atoms with Crippen LogP contribution in [-0.2, 0) is 0 Å². The first kappa shape index (κ1) is 9.58. The van der Waals surface area contributed by atoms with E-state index in [9.17, 15) is 5.11 Å². The highest BCUT2D eigenvalue weighted by Crippen LogP contribution is 2.39. The average molecular weight is 225 g/mol. The Bertz CT molecular complexity index is 367. The van der Waals surface area contributed by atoms with E-state index in [0.717, 1.165) is 12.8 Å². The first-order chi connectivity index (χ1) is 7.24. The van der Waals surface area contributed by atoms with Crippen molar-refractivity contribution in [3.8, 4) is 0 Å². The van der Waals surface area contributed by atoms with Crippen LogP contribution in [0.1, 0.15) is 24.3 Å². The molecule has 4 unspecified atom stereocenters. The van der Waals surface area contributed by atoms with Crippen LogP contribution in [-0.4, -0.2) is 28.3 Å². The number of aliphatic hydroxyl groups excluding tert-OH is 1. The molecule has 0 aliphatic carbocycles. The summed E-state index contributed by atoms with van der Waals surface area (Å²) < 4.78 is 0. The number of aromatic nitrogens is 1. The van der Waals surface area contributed by atoms with Crippen molar-refractivity contribution in [3.63, 3.8) is 0 Å². The molecular formula is C11H13ClN2O. The molecule has 0 saturated carbocycles. The van der Waals surface area contributed by atoms with Gasteiger partial charge in [0, 0.05) is 24.2 Å². The van der Waals surface area contributed by atoms with Crippen LogP contribution in [0.3, 0.4) is 0 Å². The lowest BCUT2D eigenvalue weighted by Crippen LogP contribution is -2.32. The molecule has 1 aromatic rings. The van der Waals surface area contributed by atoms with Gasteiger partial charge in [-0.05, 0) is 24.5 Å². The van der Waals surface area contributed by atoms with Crippen molar-refractivity contribution in [1.82, 2.24) is 10.3 Å². The van der Waals surface area contributed by atoms with Crippen LogP contribution in [0.15, 0.2) is 18.3 Å². The maximum atomic E-state index is 9.80. The Labute approximate surface area is 93.5 Å². The zero-order valence-electron chi connectivity index (χ0n) is 8.23. The maximum absolute atomic E-state index is 9.80. The van der Waals surface area contributed by atoms with Crippen molar-refractivity contribution in [2.45, 2.75) is 36.9 Å². The van der Waals surface area contributed by atoms with Gasteiger partial charge in [-0.1, -0.05) is 17.7 Å². The molecule has 80 valence electrons. The monoisotopic (exact) mass is 224 g/mol. The maximum Gasteiger partial charge on any atom is 0.129 e. The molecule has 2 saturated heterocycles. The first-order valence-corrected chi connectivity index (χ1v) is 5.67. The number of halogens is 1. The number of rotatable bonds is 1. The molecule has 4 atom stereocenters. The van der Waals surface area contributed by atoms with Gasteiger partial charge in [0.05, 0.1) is 6.10 Å². The Morgan fingerprint density at radius 1 is 1.40 bits per heavy atom. The minimum absolute atomic E-state index is 0.204. The van der Waals surface area contributed by atoms with E-state index >= 15 is 0 Å². The van der Waals surface area contributed by atoms with Crippen molar-refractivity contribution in [2.24, 2.45) is 0 Å². The molecule has 0 amide bonds. The lowest BCUT2D eigenvalue weighted by Gasteiger charge is -2.24. The van der Waals surface area contributed by atoms with Crippen LogP contribution >= 0.6 is 11.6 Å². The van der Waals surface area contributed by atoms with Gasteiger partial charge in [0.2, 0.25) is 0 Å². The summed E-state index contributed by atoms with van der Waals surface area (Å²) in [6, 6.07) is 4.51. The number of hydrogen-bond donors (Lipinski definition) is 2. The van der Waals surface area contributed by atoms with E-state index < -0.39 is 0 Å². The Balaban J connectivity index is 1.86. The number of nitrogens with one attached hydrogen (secondary N) is 1. The zero-order chi connectivity index (χ0) is 10.4. The molecule has 15 heavy (non-hydrogen) atoms. The number of aliphatic hydroxyl groups is 1. The Hall–Kier alpha value is -0.640. The highest BCUT2D eigenvalue weighted by Gasteiger charge is 2.45. The molecule has 2 aliphatic rings. The van der Waals surface area contributed by atoms with Crippen LogP contribution in [0.4, 0.5) is 0 Å². The molecule has 1 aromatic heterocycles. The van der Waals surface area contributed by atoms with E-state index in [1.54, 1.807) is 0 Å². The minimum Gasteiger partial charge on any atom is -0.391 e. The summed E-state index contributed by atoms with van der Waals surface area (Å²) in [5, 5.41) is 13.8. The number of hydrogen-bond acceptors (Lipinski definition) is 3. The van der Waals surface area contributed by atoms with Crippen molar-refractivity contribution in [1.29, 1.82) is 0 Å². The molecule has 3 rings (SSSR count). The predicted molar refractivity (Wildman–Crippen MR) is 57.9 cm³/mol. The Morgan fingerprint density at radius 3 is 2.87 bits per heavy atom. The third kappa shape index (κ3) is 1.55. The van der Waals surface area contributed by atoms with E-state index in [2.05, 4.69) is 10.3 Å². The Kier molecular flexibility index (Phi) is 2.20. The second-order valence-corrected chi connectivity index (χ2v) is 4.84. The molecule has 2 bridgehead atoms. The van der Waals surface area contributed by atoms with Gasteiger partial charge in [-0.2, -0.15) is 0 Å². The quantitative estimate of drug-likeness (QED) is 0.708. The summed E-state index contributed by atoms with van der Waals surface area (Å²) in [6.07, 6.45) is 3.61. The molecule has 0 radical (unpaired) electrons. The van der Waals surface area contributed by atoms with E-state index in [4.69, 9.17) is 11.6 Å². The van der Waals surface area contributed by atoms with Crippen molar-refractivity contribution in [2.75, 3.05) is 0 Å².